The van der Waals surface area contributed by atoms with Crippen LogP contribution in [-0.4, -0.2) is 11.0 Å². The van der Waals surface area contributed by atoms with Crippen molar-refractivity contribution in [1.29, 1.82) is 0 Å². The van der Waals surface area contributed by atoms with Crippen molar-refractivity contribution >= 4 is 23.8 Å². The minimum Gasteiger partial charge on any atom is -0.543 e. The number of anilines is 1. The fraction of sp³-hybridized carbons (Fsp3) is 0. The maximum Gasteiger partial charge on any atom is 0.0900 e. The zero-order valence-corrected chi connectivity index (χ0v) is 9.54. The van der Waals surface area contributed by atoms with Gasteiger partial charge in [-0.05, 0) is 35.9 Å². The molecule has 0 fully saturated rings. The third kappa shape index (κ3) is 2.95. The molecule has 0 atom stereocenters. The molecule has 0 saturated carbocycles. The van der Waals surface area contributed by atoms with E-state index in [0.29, 0.717) is 11.4 Å². The molecule has 0 amide bonds. The van der Waals surface area contributed by atoms with Crippen molar-refractivity contribution in [1.82, 2.24) is 4.98 Å². The molecule has 1 aromatic carbocycles. The molecule has 0 unspecified atom stereocenters. The molecule has 1 aromatic heterocycles. The zero-order valence-electron chi connectivity index (χ0n) is 9.54. The molecule has 18 heavy (non-hydrogen) atoms. The van der Waals surface area contributed by atoms with E-state index in [1.165, 1.54) is 6.07 Å². The number of rotatable bonds is 3. The van der Waals surface area contributed by atoms with Crippen molar-refractivity contribution in [3.63, 3.8) is 0 Å². The molecule has 0 aliphatic heterocycles. The number of hydrogen-bond acceptors (Lipinski definition) is 4. The lowest BCUT2D eigenvalue weighted by Crippen LogP contribution is -2.23. The van der Waals surface area contributed by atoms with Gasteiger partial charge in [0.2, 0.25) is 0 Å². The molecule has 4 nitrogen and oxygen atoms in total. The second-order valence-corrected chi connectivity index (χ2v) is 3.74. The Morgan fingerprint density at radius 3 is 2.50 bits per heavy atom. The van der Waals surface area contributed by atoms with Gasteiger partial charge in [-0.25, -0.2) is 4.98 Å². The molecule has 2 N–H and O–H groups in total. The van der Waals surface area contributed by atoms with Gasteiger partial charge in [0.15, 0.2) is 0 Å². The van der Waals surface area contributed by atoms with Gasteiger partial charge in [-0.3, -0.25) is 0 Å². The van der Waals surface area contributed by atoms with Crippen LogP contribution in [0.4, 0.5) is 5.69 Å². The van der Waals surface area contributed by atoms with Gasteiger partial charge in [0, 0.05) is 5.69 Å². The number of carbonyl (C=O) groups excluding carboxylic acids is 1. The highest BCUT2D eigenvalue weighted by atomic mass is 16.4. The number of carbonyl (C=O) groups is 1. The smallest absolute Gasteiger partial charge is 0.0900 e. The molecule has 0 spiro atoms. The Labute approximate surface area is 104 Å². The second kappa shape index (κ2) is 5.14. The summed E-state index contributed by atoms with van der Waals surface area (Å²) in [5.41, 5.74) is 7.73. The van der Waals surface area contributed by atoms with Gasteiger partial charge in [0.05, 0.1) is 17.4 Å². The molecule has 2 aromatic rings. The molecule has 0 aliphatic rings. The SMILES string of the molecule is Nc1ccc(/C=C/c2cccc(C(=O)[O-])n2)cc1. The molecule has 4 heteroatoms. The van der Waals surface area contributed by atoms with E-state index in [4.69, 9.17) is 5.73 Å². The first-order chi connectivity index (χ1) is 8.65. The van der Waals surface area contributed by atoms with E-state index < -0.39 is 5.97 Å². The van der Waals surface area contributed by atoms with Crippen LogP contribution in [0.1, 0.15) is 21.7 Å². The van der Waals surface area contributed by atoms with Crippen LogP contribution in [0.3, 0.4) is 0 Å². The molecule has 0 radical (unpaired) electrons. The number of carboxylic acids is 1. The normalized spacial score (nSPS) is 10.7. The van der Waals surface area contributed by atoms with Crippen molar-refractivity contribution in [3.8, 4) is 0 Å². The number of nitrogens with zero attached hydrogens (tertiary/aromatic N) is 1. The summed E-state index contributed by atoms with van der Waals surface area (Å²) < 4.78 is 0. The third-order valence-corrected chi connectivity index (χ3v) is 2.36. The number of aromatic carboxylic acids is 1. The largest absolute Gasteiger partial charge is 0.543 e. The Hall–Kier alpha value is -2.62. The van der Waals surface area contributed by atoms with Crippen LogP contribution in [0.2, 0.25) is 0 Å². The lowest BCUT2D eigenvalue weighted by atomic mass is 10.2. The summed E-state index contributed by atoms with van der Waals surface area (Å²) in [5, 5.41) is 10.7. The van der Waals surface area contributed by atoms with Crippen molar-refractivity contribution in [2.24, 2.45) is 0 Å². The van der Waals surface area contributed by atoms with E-state index in [1.54, 1.807) is 30.3 Å². The first kappa shape index (κ1) is 11.9. The number of aromatic nitrogens is 1. The molecule has 0 aliphatic carbocycles. The molecule has 0 bridgehead atoms. The highest BCUT2D eigenvalue weighted by molar-refractivity contribution is 5.84. The lowest BCUT2D eigenvalue weighted by molar-refractivity contribution is -0.255. The summed E-state index contributed by atoms with van der Waals surface area (Å²) in [6.45, 7) is 0. The van der Waals surface area contributed by atoms with Crippen molar-refractivity contribution in [3.05, 3.63) is 59.4 Å². The van der Waals surface area contributed by atoms with E-state index in [-0.39, 0.29) is 5.69 Å². The van der Waals surface area contributed by atoms with Crippen LogP contribution in [0, 0.1) is 0 Å². The Morgan fingerprint density at radius 2 is 1.83 bits per heavy atom. The summed E-state index contributed by atoms with van der Waals surface area (Å²) >= 11 is 0. The number of pyridine rings is 1. The van der Waals surface area contributed by atoms with Crippen LogP contribution < -0.4 is 10.8 Å². The first-order valence-electron chi connectivity index (χ1n) is 5.37. The Bertz CT molecular complexity index is 589. The summed E-state index contributed by atoms with van der Waals surface area (Å²) in [4.78, 5) is 14.6. The van der Waals surface area contributed by atoms with Crippen LogP contribution >= 0.6 is 0 Å². The molecule has 90 valence electrons. The van der Waals surface area contributed by atoms with Gasteiger partial charge in [-0.15, -0.1) is 0 Å². The van der Waals surface area contributed by atoms with E-state index >= 15 is 0 Å². The lowest BCUT2D eigenvalue weighted by Gasteiger charge is -2.01. The van der Waals surface area contributed by atoms with Crippen molar-refractivity contribution in [2.75, 3.05) is 5.73 Å². The molecule has 0 saturated heterocycles. The predicted octanol–water partition coefficient (Wildman–Crippen LogP) is 1.20. The molecule has 1 heterocycles. The second-order valence-electron chi connectivity index (χ2n) is 3.74. The average molecular weight is 239 g/mol. The van der Waals surface area contributed by atoms with Gasteiger partial charge >= 0.3 is 0 Å². The monoisotopic (exact) mass is 239 g/mol. The van der Waals surface area contributed by atoms with Crippen LogP contribution in [-0.2, 0) is 0 Å². The molecule has 2 rings (SSSR count). The minimum atomic E-state index is -1.28. The topological polar surface area (TPSA) is 79.0 Å². The van der Waals surface area contributed by atoms with Gasteiger partial charge < -0.3 is 15.6 Å². The maximum atomic E-state index is 10.7. The Kier molecular flexibility index (Phi) is 3.38. The zero-order chi connectivity index (χ0) is 13.0. The Morgan fingerprint density at radius 1 is 1.11 bits per heavy atom. The van der Waals surface area contributed by atoms with Crippen LogP contribution in [0.5, 0.6) is 0 Å². The van der Waals surface area contributed by atoms with Crippen LogP contribution in [0.15, 0.2) is 42.5 Å². The standard InChI is InChI=1S/C14H12N2O2/c15-11-7-4-10(5-8-11)6-9-12-2-1-3-13(16-12)14(17)18/h1-9H,15H2,(H,17,18)/p-1/b9-6+. The summed E-state index contributed by atoms with van der Waals surface area (Å²) in [6.07, 6.45) is 3.57. The van der Waals surface area contributed by atoms with Crippen LogP contribution in [0.25, 0.3) is 12.2 Å². The number of nitrogen functional groups attached to an aromatic ring is 1. The molecular weight excluding hydrogens is 228 g/mol. The number of benzene rings is 1. The Balaban J connectivity index is 2.20. The number of nitrogens with two attached hydrogens (primary N) is 1. The fourth-order valence-corrected chi connectivity index (χ4v) is 1.45. The van der Waals surface area contributed by atoms with E-state index in [9.17, 15) is 9.90 Å². The highest BCUT2D eigenvalue weighted by Crippen LogP contribution is 2.09. The maximum absolute atomic E-state index is 10.7. The predicted molar refractivity (Wildman–Crippen MR) is 68.3 cm³/mol. The number of hydrogen-bond donors (Lipinski definition) is 1. The quantitative estimate of drug-likeness (QED) is 0.816. The van der Waals surface area contributed by atoms with E-state index in [2.05, 4.69) is 4.98 Å². The molecular formula is C14H11N2O2-. The van der Waals surface area contributed by atoms with Gasteiger partial charge in [-0.2, -0.15) is 0 Å². The van der Waals surface area contributed by atoms with E-state index in [0.717, 1.165) is 5.56 Å². The first-order valence-corrected chi connectivity index (χ1v) is 5.37. The van der Waals surface area contributed by atoms with Crippen molar-refractivity contribution < 1.29 is 9.90 Å². The number of carboxylic acid groups (broad SMARTS) is 1. The summed E-state index contributed by atoms with van der Waals surface area (Å²) in [6, 6.07) is 12.1. The van der Waals surface area contributed by atoms with Gasteiger partial charge in [0.25, 0.3) is 0 Å². The summed E-state index contributed by atoms with van der Waals surface area (Å²) in [5.74, 6) is -1.28. The van der Waals surface area contributed by atoms with Gasteiger partial charge in [-0.1, -0.05) is 24.3 Å². The van der Waals surface area contributed by atoms with Gasteiger partial charge in [0.1, 0.15) is 0 Å². The minimum absolute atomic E-state index is 0.0746. The summed E-state index contributed by atoms with van der Waals surface area (Å²) in [7, 11) is 0. The van der Waals surface area contributed by atoms with Crippen molar-refractivity contribution in [2.45, 2.75) is 0 Å². The third-order valence-electron chi connectivity index (χ3n) is 2.36. The highest BCUT2D eigenvalue weighted by Gasteiger charge is 1.95. The fourth-order valence-electron chi connectivity index (χ4n) is 1.45. The van der Waals surface area contributed by atoms with E-state index in [1.807, 2.05) is 18.2 Å². The average Bonchev–Trinajstić information content (AvgIpc) is 2.38.